The van der Waals surface area contributed by atoms with Gasteiger partial charge < -0.3 is 14.8 Å². The zero-order valence-electron chi connectivity index (χ0n) is 23.4. The fourth-order valence-corrected chi connectivity index (χ4v) is 6.10. The van der Waals surface area contributed by atoms with Crippen molar-refractivity contribution in [3.63, 3.8) is 0 Å². The van der Waals surface area contributed by atoms with E-state index in [1.807, 2.05) is 31.3 Å². The standard InChI is InChI=1S/C36H36N2O2/c1-4-39-35-21-26(12-17-34(35)40-23-27-19-24(2)18-25(3)20-27)22-37-29-15-13-28(14-16-29)36-32-10-7-9-30(32)31-8-5-6-11-33(31)38-36/h5-9,11-22,30,32,36,38H,4,10,23H2,1-3H3/t30-,32-,36-/m0/s1. The molecule has 0 unspecified atom stereocenters. The first-order chi connectivity index (χ1) is 19.6. The molecule has 0 bridgehead atoms. The van der Waals surface area contributed by atoms with Crippen molar-refractivity contribution in [1.29, 1.82) is 0 Å². The van der Waals surface area contributed by atoms with E-state index in [-0.39, 0.29) is 6.04 Å². The smallest absolute Gasteiger partial charge is 0.161 e. The summed E-state index contributed by atoms with van der Waals surface area (Å²) in [6.07, 6.45) is 7.70. The third-order valence-electron chi connectivity index (χ3n) is 7.83. The van der Waals surface area contributed by atoms with E-state index in [0.29, 0.717) is 25.0 Å². The molecule has 1 heterocycles. The van der Waals surface area contributed by atoms with Crippen molar-refractivity contribution in [1.82, 2.24) is 0 Å². The van der Waals surface area contributed by atoms with Gasteiger partial charge in [0.25, 0.3) is 0 Å². The van der Waals surface area contributed by atoms with Crippen molar-refractivity contribution in [2.75, 3.05) is 11.9 Å². The van der Waals surface area contributed by atoms with E-state index in [9.17, 15) is 0 Å². The second-order valence-electron chi connectivity index (χ2n) is 10.8. The molecule has 1 N–H and O–H groups in total. The lowest BCUT2D eigenvalue weighted by atomic mass is 9.77. The Kier molecular flexibility index (Phi) is 7.41. The maximum atomic E-state index is 6.15. The fraction of sp³-hybridized carbons (Fsp3) is 0.250. The van der Waals surface area contributed by atoms with Crippen LogP contribution in [-0.2, 0) is 6.61 Å². The molecule has 0 aromatic heterocycles. The molecule has 4 aromatic rings. The van der Waals surface area contributed by atoms with Gasteiger partial charge >= 0.3 is 0 Å². The minimum absolute atomic E-state index is 0.290. The lowest BCUT2D eigenvalue weighted by Gasteiger charge is -2.37. The Morgan fingerprint density at radius 1 is 0.875 bits per heavy atom. The van der Waals surface area contributed by atoms with E-state index < -0.39 is 0 Å². The van der Waals surface area contributed by atoms with Crippen molar-refractivity contribution in [3.8, 4) is 11.5 Å². The van der Waals surface area contributed by atoms with Crippen molar-refractivity contribution in [2.24, 2.45) is 10.9 Å². The first kappa shape index (κ1) is 25.9. The highest BCUT2D eigenvalue weighted by Crippen LogP contribution is 2.49. The van der Waals surface area contributed by atoms with Crippen molar-refractivity contribution in [2.45, 2.75) is 45.8 Å². The predicted molar refractivity (Wildman–Crippen MR) is 164 cm³/mol. The molecule has 4 aromatic carbocycles. The number of fused-ring (bicyclic) bond motifs is 3. The van der Waals surface area contributed by atoms with Crippen LogP contribution in [0.4, 0.5) is 11.4 Å². The van der Waals surface area contributed by atoms with Crippen LogP contribution in [0.2, 0.25) is 0 Å². The van der Waals surface area contributed by atoms with Gasteiger partial charge in [-0.15, -0.1) is 0 Å². The van der Waals surface area contributed by atoms with E-state index in [4.69, 9.17) is 14.5 Å². The summed E-state index contributed by atoms with van der Waals surface area (Å²) in [7, 11) is 0. The molecule has 0 saturated heterocycles. The normalized spacial score (nSPS) is 19.2. The Bertz CT molecular complexity index is 1530. The molecule has 0 saturated carbocycles. The predicted octanol–water partition coefficient (Wildman–Crippen LogP) is 8.86. The Hall–Kier alpha value is -4.31. The Balaban J connectivity index is 1.15. The molecule has 6 rings (SSSR count). The second kappa shape index (κ2) is 11.4. The fourth-order valence-electron chi connectivity index (χ4n) is 6.10. The van der Waals surface area contributed by atoms with Crippen LogP contribution in [0.5, 0.6) is 11.5 Å². The van der Waals surface area contributed by atoms with E-state index in [1.165, 1.54) is 27.9 Å². The van der Waals surface area contributed by atoms with Crippen LogP contribution in [0.25, 0.3) is 0 Å². The van der Waals surface area contributed by atoms with Crippen molar-refractivity contribution >= 4 is 17.6 Å². The number of rotatable bonds is 8. The summed E-state index contributed by atoms with van der Waals surface area (Å²) >= 11 is 0. The lowest BCUT2D eigenvalue weighted by molar-refractivity contribution is 0.269. The van der Waals surface area contributed by atoms with E-state index in [1.54, 1.807) is 0 Å². The van der Waals surface area contributed by atoms with Gasteiger partial charge in [-0.25, -0.2) is 0 Å². The molecule has 0 spiro atoms. The minimum Gasteiger partial charge on any atom is -0.490 e. The van der Waals surface area contributed by atoms with Crippen molar-refractivity contribution in [3.05, 3.63) is 130 Å². The highest BCUT2D eigenvalue weighted by Gasteiger charge is 2.37. The number of allylic oxidation sites excluding steroid dienone is 2. The number of hydrogen-bond donors (Lipinski definition) is 1. The maximum Gasteiger partial charge on any atom is 0.161 e. The zero-order valence-corrected chi connectivity index (χ0v) is 23.4. The third kappa shape index (κ3) is 5.53. The van der Waals surface area contributed by atoms with Crippen molar-refractivity contribution < 1.29 is 9.47 Å². The number of aryl methyl sites for hydroxylation is 2. The van der Waals surface area contributed by atoms with Gasteiger partial charge in [0, 0.05) is 17.8 Å². The van der Waals surface area contributed by atoms with Gasteiger partial charge in [0.05, 0.1) is 18.3 Å². The second-order valence-corrected chi connectivity index (χ2v) is 10.8. The first-order valence-corrected chi connectivity index (χ1v) is 14.2. The summed E-state index contributed by atoms with van der Waals surface area (Å²) in [6, 6.07) is 30.1. The molecular weight excluding hydrogens is 492 g/mol. The van der Waals surface area contributed by atoms with Gasteiger partial charge in [-0.05, 0) is 91.8 Å². The number of nitrogens with one attached hydrogen (secondary N) is 1. The van der Waals surface area contributed by atoms with Gasteiger partial charge in [0.2, 0.25) is 0 Å². The molecule has 2 aliphatic rings. The summed E-state index contributed by atoms with van der Waals surface area (Å²) in [5, 5.41) is 3.81. The van der Waals surface area contributed by atoms with Crippen LogP contribution >= 0.6 is 0 Å². The van der Waals surface area contributed by atoms with Crippen LogP contribution in [0.3, 0.4) is 0 Å². The number of benzene rings is 4. The number of hydrogen-bond acceptors (Lipinski definition) is 4. The molecule has 3 atom stereocenters. The molecule has 0 radical (unpaired) electrons. The Morgan fingerprint density at radius 3 is 2.48 bits per heavy atom. The zero-order chi connectivity index (χ0) is 27.5. The lowest BCUT2D eigenvalue weighted by Crippen LogP contribution is -2.28. The van der Waals surface area contributed by atoms with Crippen LogP contribution in [0.1, 0.15) is 58.7 Å². The number of aliphatic imine (C=N–C) groups is 1. The topological polar surface area (TPSA) is 42.8 Å². The van der Waals surface area contributed by atoms with Gasteiger partial charge in [-0.1, -0.05) is 71.8 Å². The van der Waals surface area contributed by atoms with E-state index >= 15 is 0 Å². The number of anilines is 1. The summed E-state index contributed by atoms with van der Waals surface area (Å²) in [4.78, 5) is 4.75. The van der Waals surface area contributed by atoms with E-state index in [2.05, 4.69) is 98.0 Å². The molecule has 0 fully saturated rings. The van der Waals surface area contributed by atoms with Crippen LogP contribution < -0.4 is 14.8 Å². The Morgan fingerprint density at radius 2 is 1.68 bits per heavy atom. The molecular formula is C36H36N2O2. The molecule has 1 aliphatic heterocycles. The molecule has 40 heavy (non-hydrogen) atoms. The van der Waals surface area contributed by atoms with Crippen LogP contribution in [0.15, 0.2) is 102 Å². The van der Waals surface area contributed by atoms with Gasteiger partial charge in [-0.3, -0.25) is 4.99 Å². The third-order valence-corrected chi connectivity index (χ3v) is 7.83. The molecule has 4 heteroatoms. The van der Waals surface area contributed by atoms with Crippen LogP contribution in [-0.4, -0.2) is 12.8 Å². The highest BCUT2D eigenvalue weighted by molar-refractivity contribution is 5.83. The minimum atomic E-state index is 0.290. The monoisotopic (exact) mass is 528 g/mol. The van der Waals surface area contributed by atoms with Gasteiger partial charge in [-0.2, -0.15) is 0 Å². The SMILES string of the molecule is CCOc1cc(C=Nc2ccc([C@@H]3Nc4ccccc4[C@@H]4C=CC[C@@H]43)cc2)ccc1OCc1cc(C)cc(C)c1. The van der Waals surface area contributed by atoms with Crippen LogP contribution in [0, 0.1) is 19.8 Å². The molecule has 4 nitrogen and oxygen atoms in total. The largest absolute Gasteiger partial charge is 0.490 e. The summed E-state index contributed by atoms with van der Waals surface area (Å²) < 4.78 is 12.1. The van der Waals surface area contributed by atoms with E-state index in [0.717, 1.165) is 34.7 Å². The molecule has 202 valence electrons. The quantitative estimate of drug-likeness (QED) is 0.183. The number of nitrogens with zero attached hydrogens (tertiary/aromatic N) is 1. The highest BCUT2D eigenvalue weighted by atomic mass is 16.5. The summed E-state index contributed by atoms with van der Waals surface area (Å²) in [5.74, 6) is 2.49. The Labute approximate surface area is 237 Å². The average molecular weight is 529 g/mol. The molecule has 0 amide bonds. The first-order valence-electron chi connectivity index (χ1n) is 14.2. The average Bonchev–Trinajstić information content (AvgIpc) is 3.46. The summed E-state index contributed by atoms with van der Waals surface area (Å²) in [5.41, 5.74) is 9.48. The van der Waals surface area contributed by atoms with Gasteiger partial charge in [0.15, 0.2) is 11.5 Å². The number of ether oxygens (including phenoxy) is 2. The summed E-state index contributed by atoms with van der Waals surface area (Å²) in [6.45, 7) is 7.27. The van der Waals surface area contributed by atoms with Gasteiger partial charge in [0.1, 0.15) is 6.61 Å². The maximum absolute atomic E-state index is 6.15. The molecule has 1 aliphatic carbocycles. The number of para-hydroxylation sites is 1.